The van der Waals surface area contributed by atoms with Gasteiger partial charge in [0.1, 0.15) is 6.61 Å². The highest BCUT2D eigenvalue weighted by molar-refractivity contribution is 7.09. The second-order valence-electron chi connectivity index (χ2n) is 2.25. The van der Waals surface area contributed by atoms with Crippen LogP contribution in [0.5, 0.6) is 0 Å². The minimum atomic E-state index is -0.808. The molecule has 0 fully saturated rings. The third-order valence-electron chi connectivity index (χ3n) is 1.19. The van der Waals surface area contributed by atoms with Crippen molar-refractivity contribution in [2.45, 2.75) is 0 Å². The molecule has 0 aliphatic rings. The number of nitrogens with zero attached hydrogens (tertiary/aromatic N) is 3. The normalized spacial score (nSPS) is 10.4. The lowest BCUT2D eigenvalue weighted by molar-refractivity contribution is -0.106. The maximum Gasteiger partial charge on any atom is 0.278 e. The van der Waals surface area contributed by atoms with Crippen LogP contribution in [0.1, 0.15) is 5.82 Å². The van der Waals surface area contributed by atoms with Crippen LogP contribution in [0, 0.1) is 0 Å². The molecule has 1 rings (SSSR count). The van der Waals surface area contributed by atoms with E-state index in [0.717, 1.165) is 11.5 Å². The summed E-state index contributed by atoms with van der Waals surface area (Å²) in [5.74, 6) is 0.0570. The summed E-state index contributed by atoms with van der Waals surface area (Å²) in [7, 11) is 0. The fraction of sp³-hybridized carbons (Fsp3) is 0.143. The topological polar surface area (TPSA) is 90.5 Å². The van der Waals surface area contributed by atoms with E-state index in [1.807, 2.05) is 0 Å². The molecule has 0 atom stereocenters. The lowest BCUT2D eigenvalue weighted by Crippen LogP contribution is -2.12. The molecule has 88 valence electrons. The number of aromatic nitrogens is 2. The summed E-state index contributed by atoms with van der Waals surface area (Å²) in [5, 5.41) is 2.90. The van der Waals surface area contributed by atoms with Crippen LogP contribution in [0.3, 0.4) is 0 Å². The molecule has 0 aliphatic heterocycles. The van der Waals surface area contributed by atoms with Crippen LogP contribution in [-0.4, -0.2) is 26.9 Å². The monoisotopic (exact) mass is 282 g/mol. The van der Waals surface area contributed by atoms with E-state index in [2.05, 4.69) is 21.1 Å². The van der Waals surface area contributed by atoms with Gasteiger partial charge in [-0.15, -0.1) is 12.4 Å². The molecule has 0 aromatic carbocycles. The Labute approximate surface area is 107 Å². The Morgan fingerprint density at radius 3 is 2.88 bits per heavy atom. The van der Waals surface area contributed by atoms with Gasteiger partial charge in [0.15, 0.2) is 5.13 Å². The van der Waals surface area contributed by atoms with Gasteiger partial charge in [0.05, 0.1) is 0 Å². The molecule has 0 saturated heterocycles. The Hall–Kier alpha value is -1.18. The number of halogens is 2. The third kappa shape index (κ3) is 4.13. The Bertz CT molecular complexity index is 407. The average molecular weight is 283 g/mol. The highest BCUT2D eigenvalue weighted by atomic mass is 35.5. The van der Waals surface area contributed by atoms with Gasteiger partial charge in [0, 0.05) is 11.5 Å². The first kappa shape index (κ1) is 14.8. The Morgan fingerprint density at radius 2 is 2.44 bits per heavy atom. The molecular weight excluding hydrogens is 275 g/mol. The van der Waals surface area contributed by atoms with E-state index in [9.17, 15) is 4.79 Å². The number of nitrogen functional groups attached to an aromatic ring is 1. The number of carbonyl (C=O) groups excluding carboxylic acids is 1. The minimum Gasteiger partial charge on any atom is -0.391 e. The van der Waals surface area contributed by atoms with Crippen molar-refractivity contribution < 1.29 is 9.63 Å². The van der Waals surface area contributed by atoms with Gasteiger partial charge < -0.3 is 10.6 Å². The molecule has 1 aromatic rings. The number of carbonyl (C=O) groups is 1. The molecule has 6 nitrogen and oxygen atoms in total. The largest absolute Gasteiger partial charge is 0.391 e. The number of nitrogens with two attached hydrogens (primary N) is 1. The molecule has 1 heterocycles. The van der Waals surface area contributed by atoms with E-state index in [0.29, 0.717) is 0 Å². The van der Waals surface area contributed by atoms with Crippen LogP contribution in [0.4, 0.5) is 5.13 Å². The molecule has 0 spiro atoms. The second kappa shape index (κ2) is 7.15. The summed E-state index contributed by atoms with van der Waals surface area (Å²) < 4.78 is 3.78. The summed E-state index contributed by atoms with van der Waals surface area (Å²) in [5.41, 5.74) is 5.18. The highest BCUT2D eigenvalue weighted by Gasteiger charge is 2.17. The van der Waals surface area contributed by atoms with Gasteiger partial charge in [-0.1, -0.05) is 17.8 Å². The number of oxime groups is 1. The zero-order valence-electron chi connectivity index (χ0n) is 7.92. The van der Waals surface area contributed by atoms with Crippen LogP contribution in [0.25, 0.3) is 0 Å². The first-order valence-corrected chi connectivity index (χ1v) is 4.90. The molecule has 16 heavy (non-hydrogen) atoms. The van der Waals surface area contributed by atoms with Crippen LogP contribution in [0.15, 0.2) is 17.8 Å². The zero-order chi connectivity index (χ0) is 11.3. The Morgan fingerprint density at radius 1 is 1.75 bits per heavy atom. The van der Waals surface area contributed by atoms with Gasteiger partial charge >= 0.3 is 0 Å². The van der Waals surface area contributed by atoms with E-state index < -0.39 is 5.24 Å². The zero-order valence-corrected chi connectivity index (χ0v) is 10.3. The molecule has 0 amide bonds. The predicted molar refractivity (Wildman–Crippen MR) is 65.1 cm³/mol. The number of hydrogen-bond acceptors (Lipinski definition) is 7. The van der Waals surface area contributed by atoms with Gasteiger partial charge in [0.25, 0.3) is 5.24 Å². The molecule has 0 aliphatic carbocycles. The van der Waals surface area contributed by atoms with Crippen LogP contribution in [-0.2, 0) is 9.63 Å². The van der Waals surface area contributed by atoms with Crippen molar-refractivity contribution in [3.05, 3.63) is 18.5 Å². The number of anilines is 1. The summed E-state index contributed by atoms with van der Waals surface area (Å²) in [6.45, 7) is 3.58. The minimum absolute atomic E-state index is 0. The van der Waals surface area contributed by atoms with E-state index in [1.54, 1.807) is 0 Å². The predicted octanol–water partition coefficient (Wildman–Crippen LogP) is 1.21. The van der Waals surface area contributed by atoms with E-state index >= 15 is 0 Å². The molecule has 2 N–H and O–H groups in total. The molecule has 9 heteroatoms. The smallest absolute Gasteiger partial charge is 0.278 e. The highest BCUT2D eigenvalue weighted by Crippen LogP contribution is 2.08. The van der Waals surface area contributed by atoms with Crippen molar-refractivity contribution in [3.8, 4) is 0 Å². The van der Waals surface area contributed by atoms with Gasteiger partial charge in [-0.25, -0.2) is 0 Å². The van der Waals surface area contributed by atoms with Crippen LogP contribution < -0.4 is 5.73 Å². The average Bonchev–Trinajstić information content (AvgIpc) is 2.59. The molecule has 0 unspecified atom stereocenters. The fourth-order valence-electron chi connectivity index (χ4n) is 0.651. The fourth-order valence-corrected chi connectivity index (χ4v) is 1.20. The lowest BCUT2D eigenvalue weighted by atomic mass is 10.4. The molecular formula is C7H8Cl2N4O2S. The van der Waals surface area contributed by atoms with Crippen molar-refractivity contribution in [2.75, 3.05) is 12.3 Å². The quantitative estimate of drug-likeness (QED) is 0.288. The lowest BCUT2D eigenvalue weighted by Gasteiger charge is -1.95. The summed E-state index contributed by atoms with van der Waals surface area (Å²) >= 11 is 6.21. The van der Waals surface area contributed by atoms with Gasteiger partial charge in [-0.3, -0.25) is 4.79 Å². The molecule has 0 bridgehead atoms. The maximum atomic E-state index is 11.0. The summed E-state index contributed by atoms with van der Waals surface area (Å²) in [4.78, 5) is 19.4. The first-order valence-electron chi connectivity index (χ1n) is 3.75. The summed E-state index contributed by atoms with van der Waals surface area (Å²) in [6, 6.07) is 0. The summed E-state index contributed by atoms with van der Waals surface area (Å²) in [6.07, 6.45) is 1.47. The van der Waals surface area contributed by atoms with Crippen molar-refractivity contribution in [1.29, 1.82) is 0 Å². The van der Waals surface area contributed by atoms with E-state index in [1.165, 1.54) is 6.08 Å². The van der Waals surface area contributed by atoms with Crippen molar-refractivity contribution in [2.24, 2.45) is 5.16 Å². The second-order valence-corrected chi connectivity index (χ2v) is 3.38. The van der Waals surface area contributed by atoms with Gasteiger partial charge in [0.2, 0.25) is 11.5 Å². The van der Waals surface area contributed by atoms with Gasteiger partial charge in [-0.05, 0) is 11.6 Å². The standard InChI is InChI=1S/C7H7ClN4O2S.ClH/c1-2-3-14-11-4(5(8)13)6-10-7(9)15-12-6;/h2H,1,3H2,(H2,9,10,12);1H/b11-4-;. The van der Waals surface area contributed by atoms with Crippen molar-refractivity contribution in [3.63, 3.8) is 0 Å². The van der Waals surface area contributed by atoms with Crippen LogP contribution >= 0.6 is 35.5 Å². The third-order valence-corrected chi connectivity index (χ3v) is 1.91. The first-order chi connectivity index (χ1) is 7.15. The Kier molecular flexibility index (Phi) is 6.63. The SMILES string of the molecule is C=CCO/N=C(/C(=O)Cl)c1nsc(N)n1.Cl. The Balaban J connectivity index is 0.00000225. The van der Waals surface area contributed by atoms with Crippen molar-refractivity contribution >= 4 is 51.6 Å². The maximum absolute atomic E-state index is 11.0. The van der Waals surface area contributed by atoms with Gasteiger partial charge in [-0.2, -0.15) is 9.36 Å². The number of rotatable bonds is 5. The number of hydrogen-bond donors (Lipinski definition) is 1. The molecule has 0 radical (unpaired) electrons. The van der Waals surface area contributed by atoms with Crippen molar-refractivity contribution in [1.82, 2.24) is 9.36 Å². The van der Waals surface area contributed by atoms with E-state index in [-0.39, 0.29) is 35.7 Å². The molecule has 0 saturated carbocycles. The van der Waals surface area contributed by atoms with E-state index in [4.69, 9.17) is 22.2 Å². The van der Waals surface area contributed by atoms with Crippen LogP contribution in [0.2, 0.25) is 0 Å². The molecule has 1 aromatic heterocycles.